The first-order valence-electron chi connectivity index (χ1n) is 16.5. The third-order valence-electron chi connectivity index (χ3n) is 7.94. The lowest BCUT2D eigenvalue weighted by Crippen LogP contribution is -2.48. The first-order chi connectivity index (χ1) is 20.6. The van der Waals surface area contributed by atoms with E-state index < -0.39 is 18.0 Å². The summed E-state index contributed by atoms with van der Waals surface area (Å²) in [6, 6.07) is -1.18. The van der Waals surface area contributed by atoms with Crippen molar-refractivity contribution >= 4 is 35.6 Å². The molecule has 1 heterocycles. The van der Waals surface area contributed by atoms with Crippen molar-refractivity contribution in [3.8, 4) is 0 Å². The van der Waals surface area contributed by atoms with E-state index in [0.717, 1.165) is 38.5 Å². The highest BCUT2D eigenvalue weighted by Crippen LogP contribution is 2.19. The van der Waals surface area contributed by atoms with Gasteiger partial charge >= 0.3 is 11.9 Å². The summed E-state index contributed by atoms with van der Waals surface area (Å²) < 4.78 is 0. The Balaban J connectivity index is 1.99. The summed E-state index contributed by atoms with van der Waals surface area (Å²) in [6.07, 6.45) is 18.0. The molecule has 0 radical (unpaired) electrons. The average Bonchev–Trinajstić information content (AvgIpc) is 3.20. The van der Waals surface area contributed by atoms with Gasteiger partial charge in [0, 0.05) is 44.7 Å². The largest absolute Gasteiger partial charge is 0.481 e. The number of aliphatic carboxylic acids is 2. The van der Waals surface area contributed by atoms with E-state index >= 15 is 0 Å². The van der Waals surface area contributed by atoms with Crippen LogP contribution >= 0.6 is 0 Å². The minimum atomic E-state index is -1.20. The van der Waals surface area contributed by atoms with Gasteiger partial charge in [-0.25, -0.2) is 4.79 Å². The second kappa shape index (κ2) is 23.5. The van der Waals surface area contributed by atoms with Crippen LogP contribution in [0.25, 0.3) is 0 Å². The molecule has 4 N–H and O–H groups in total. The van der Waals surface area contributed by atoms with Crippen molar-refractivity contribution in [1.82, 2.24) is 15.5 Å². The number of amides is 4. The van der Waals surface area contributed by atoms with Crippen LogP contribution in [0.3, 0.4) is 0 Å². The van der Waals surface area contributed by atoms with Crippen molar-refractivity contribution in [2.45, 2.75) is 148 Å². The Hall–Kier alpha value is -2.98. The van der Waals surface area contributed by atoms with Crippen LogP contribution in [0.5, 0.6) is 0 Å². The Morgan fingerprint density at radius 2 is 1.14 bits per heavy atom. The highest BCUT2D eigenvalue weighted by atomic mass is 16.4. The molecule has 0 aromatic rings. The third kappa shape index (κ3) is 19.0. The van der Waals surface area contributed by atoms with E-state index in [-0.39, 0.29) is 61.8 Å². The molecule has 0 saturated carbocycles. The van der Waals surface area contributed by atoms with Gasteiger partial charge in [-0.2, -0.15) is 0 Å². The standard InChI is InChI=1S/C32H55N3O8/c1-25-23-29(38)35(31(25)41)22-18-14-16-19-27(36)33-24-26(32(42)43)34-28(37)20-15-12-10-8-6-4-2-3-5-7-9-11-13-17-21-30(39)40/h25-26H,2-24H2,1H3,(H,33,36)(H,34,37)(H,39,40)(H,42,43)/t25?,26-/m0/s1. The lowest BCUT2D eigenvalue weighted by Gasteiger charge is -2.16. The van der Waals surface area contributed by atoms with Gasteiger partial charge in [0.15, 0.2) is 0 Å². The third-order valence-corrected chi connectivity index (χ3v) is 7.94. The number of likely N-dealkylation sites (tertiary alicyclic amines) is 1. The molecule has 11 heteroatoms. The SMILES string of the molecule is CC1CC(=O)N(CCCCCC(=O)NC[C@H](NC(=O)CCCCCCCCCCCCCCCCC(=O)O)C(=O)O)C1=O. The summed E-state index contributed by atoms with van der Waals surface area (Å²) >= 11 is 0. The maximum Gasteiger partial charge on any atom is 0.328 e. The average molecular weight is 610 g/mol. The van der Waals surface area contributed by atoms with Crippen molar-refractivity contribution in [1.29, 1.82) is 0 Å². The van der Waals surface area contributed by atoms with Gasteiger partial charge in [0.05, 0.1) is 0 Å². The molecular weight excluding hydrogens is 554 g/mol. The van der Waals surface area contributed by atoms with Crippen molar-refractivity contribution < 1.29 is 39.0 Å². The zero-order valence-electron chi connectivity index (χ0n) is 26.2. The second-order valence-electron chi connectivity index (χ2n) is 11.9. The smallest absolute Gasteiger partial charge is 0.328 e. The normalized spacial score (nSPS) is 15.5. The van der Waals surface area contributed by atoms with E-state index in [1.165, 1.54) is 49.8 Å². The summed E-state index contributed by atoms with van der Waals surface area (Å²) in [7, 11) is 0. The number of carboxylic acids is 2. The molecule has 1 fully saturated rings. The molecule has 11 nitrogen and oxygen atoms in total. The molecule has 0 spiro atoms. The lowest BCUT2D eigenvalue weighted by atomic mass is 10.0. The number of carbonyl (C=O) groups is 6. The van der Waals surface area contributed by atoms with Crippen molar-refractivity contribution in [3.63, 3.8) is 0 Å². The molecule has 1 saturated heterocycles. The predicted molar refractivity (Wildman–Crippen MR) is 163 cm³/mol. The fourth-order valence-corrected chi connectivity index (χ4v) is 5.27. The van der Waals surface area contributed by atoms with Crippen LogP contribution in [-0.2, 0) is 28.8 Å². The summed E-state index contributed by atoms with van der Waals surface area (Å²) in [5.41, 5.74) is 0. The van der Waals surface area contributed by atoms with E-state index in [4.69, 9.17) is 5.11 Å². The molecule has 0 aliphatic carbocycles. The van der Waals surface area contributed by atoms with Crippen LogP contribution in [-0.4, -0.2) is 69.8 Å². The molecule has 4 amide bonds. The van der Waals surface area contributed by atoms with Crippen LogP contribution < -0.4 is 10.6 Å². The highest BCUT2D eigenvalue weighted by molar-refractivity contribution is 6.03. The highest BCUT2D eigenvalue weighted by Gasteiger charge is 2.34. The summed E-state index contributed by atoms with van der Waals surface area (Å²) in [6.45, 7) is 1.92. The summed E-state index contributed by atoms with van der Waals surface area (Å²) in [5, 5.41) is 23.1. The molecular formula is C32H55N3O8. The van der Waals surface area contributed by atoms with Crippen LogP contribution in [0.2, 0.25) is 0 Å². The number of carbonyl (C=O) groups excluding carboxylic acids is 4. The van der Waals surface area contributed by atoms with Crippen LogP contribution in [0.15, 0.2) is 0 Å². The van der Waals surface area contributed by atoms with Gasteiger partial charge in [-0.05, 0) is 25.7 Å². The Bertz CT molecular complexity index is 879. The number of imide groups is 1. The van der Waals surface area contributed by atoms with Crippen molar-refractivity contribution in [2.75, 3.05) is 13.1 Å². The first-order valence-corrected chi connectivity index (χ1v) is 16.5. The number of hydrogen-bond donors (Lipinski definition) is 4. The summed E-state index contributed by atoms with van der Waals surface area (Å²) in [5.74, 6) is -3.08. The molecule has 43 heavy (non-hydrogen) atoms. The molecule has 1 unspecified atom stereocenters. The van der Waals surface area contributed by atoms with Gasteiger partial charge in [-0.3, -0.25) is 28.9 Å². The fourth-order valence-electron chi connectivity index (χ4n) is 5.27. The molecule has 0 aromatic heterocycles. The molecule has 0 aromatic carbocycles. The minimum Gasteiger partial charge on any atom is -0.481 e. The van der Waals surface area contributed by atoms with Crippen LogP contribution in [0, 0.1) is 5.92 Å². The maximum absolute atomic E-state index is 12.2. The number of unbranched alkanes of at least 4 members (excludes halogenated alkanes) is 15. The minimum absolute atomic E-state index is 0.140. The first kappa shape index (κ1) is 38.0. The maximum atomic E-state index is 12.2. The molecule has 1 aliphatic rings. The van der Waals surface area contributed by atoms with Crippen LogP contribution in [0.1, 0.15) is 142 Å². The predicted octanol–water partition coefficient (Wildman–Crippen LogP) is 4.95. The number of nitrogens with zero attached hydrogens (tertiary/aromatic N) is 1. The van der Waals surface area contributed by atoms with E-state index in [1.54, 1.807) is 6.92 Å². The monoisotopic (exact) mass is 609 g/mol. The Morgan fingerprint density at radius 1 is 0.698 bits per heavy atom. The zero-order chi connectivity index (χ0) is 31.9. The van der Waals surface area contributed by atoms with Gasteiger partial charge in [-0.15, -0.1) is 0 Å². The van der Waals surface area contributed by atoms with Crippen LogP contribution in [0.4, 0.5) is 0 Å². The molecule has 246 valence electrons. The zero-order valence-corrected chi connectivity index (χ0v) is 26.2. The van der Waals surface area contributed by atoms with Crippen molar-refractivity contribution in [3.05, 3.63) is 0 Å². The van der Waals surface area contributed by atoms with Gasteiger partial charge in [0.2, 0.25) is 23.6 Å². The number of hydrogen-bond acceptors (Lipinski definition) is 6. The topological polar surface area (TPSA) is 170 Å². The number of rotatable bonds is 27. The summed E-state index contributed by atoms with van der Waals surface area (Å²) in [4.78, 5) is 71.3. The van der Waals surface area contributed by atoms with Gasteiger partial charge in [0.1, 0.15) is 6.04 Å². The fraction of sp³-hybridized carbons (Fsp3) is 0.812. The van der Waals surface area contributed by atoms with E-state index in [9.17, 15) is 33.9 Å². The second-order valence-corrected chi connectivity index (χ2v) is 11.9. The Labute approximate surface area is 256 Å². The molecule has 1 rings (SSSR count). The van der Waals surface area contributed by atoms with E-state index in [0.29, 0.717) is 32.2 Å². The van der Waals surface area contributed by atoms with Gasteiger partial charge in [-0.1, -0.05) is 90.4 Å². The Kier molecular flexibility index (Phi) is 20.8. The quantitative estimate of drug-likeness (QED) is 0.0748. The van der Waals surface area contributed by atoms with Gasteiger partial charge < -0.3 is 20.8 Å². The molecule has 2 atom stereocenters. The molecule has 0 bridgehead atoms. The van der Waals surface area contributed by atoms with E-state index in [1.807, 2.05) is 0 Å². The Morgan fingerprint density at radius 3 is 1.58 bits per heavy atom. The van der Waals surface area contributed by atoms with Crippen molar-refractivity contribution in [2.24, 2.45) is 5.92 Å². The lowest BCUT2D eigenvalue weighted by molar-refractivity contribution is -0.142. The van der Waals surface area contributed by atoms with Gasteiger partial charge in [0.25, 0.3) is 0 Å². The number of carboxylic acid groups (broad SMARTS) is 2. The van der Waals surface area contributed by atoms with E-state index in [2.05, 4.69) is 10.6 Å². The number of nitrogens with one attached hydrogen (secondary N) is 2. The molecule has 1 aliphatic heterocycles.